The summed E-state index contributed by atoms with van der Waals surface area (Å²) in [5.41, 5.74) is 2.20. The minimum Gasteiger partial charge on any atom is -0.356 e. The number of hydrogen-bond donors (Lipinski definition) is 2. The van der Waals surface area contributed by atoms with Crippen molar-refractivity contribution in [3.8, 4) is 0 Å². The van der Waals surface area contributed by atoms with Crippen LogP contribution in [0.2, 0.25) is 10.0 Å². The molecule has 2 aromatic rings. The summed E-state index contributed by atoms with van der Waals surface area (Å²) in [6.07, 6.45) is 1.46. The van der Waals surface area contributed by atoms with E-state index in [-0.39, 0.29) is 11.8 Å². The maximum absolute atomic E-state index is 12.3. The molecule has 1 atom stereocenters. The first kappa shape index (κ1) is 21.5. The maximum atomic E-state index is 12.3. The van der Waals surface area contributed by atoms with E-state index in [1.54, 1.807) is 13.1 Å². The van der Waals surface area contributed by atoms with Crippen LogP contribution in [0.3, 0.4) is 0 Å². The molecule has 1 heterocycles. The Labute approximate surface area is 182 Å². The van der Waals surface area contributed by atoms with Crippen molar-refractivity contribution < 1.29 is 4.79 Å². The Kier molecular flexibility index (Phi) is 7.78. The molecule has 3 rings (SSSR count). The number of likely N-dealkylation sites (tertiary alicyclic amines) is 1. The topological polar surface area (TPSA) is 56.7 Å². The summed E-state index contributed by atoms with van der Waals surface area (Å²) in [6, 6.07) is 15.7. The minimum atomic E-state index is 0.226. The van der Waals surface area contributed by atoms with Crippen molar-refractivity contribution in [3.05, 3.63) is 69.7 Å². The molecule has 1 amide bonds. The van der Waals surface area contributed by atoms with Crippen LogP contribution < -0.4 is 10.6 Å². The zero-order valence-electron chi connectivity index (χ0n) is 16.5. The van der Waals surface area contributed by atoms with Crippen molar-refractivity contribution in [2.75, 3.05) is 26.7 Å². The maximum Gasteiger partial charge on any atom is 0.223 e. The average Bonchev–Trinajstić information content (AvgIpc) is 3.08. The smallest absolute Gasteiger partial charge is 0.223 e. The van der Waals surface area contributed by atoms with Gasteiger partial charge in [-0.1, -0.05) is 59.6 Å². The number of benzene rings is 2. The molecule has 0 aliphatic carbocycles. The highest BCUT2D eigenvalue weighted by atomic mass is 35.5. The van der Waals surface area contributed by atoms with Crippen LogP contribution in [0.1, 0.15) is 17.5 Å². The molecule has 2 N–H and O–H groups in total. The molecule has 0 saturated carbocycles. The van der Waals surface area contributed by atoms with Gasteiger partial charge in [0.05, 0.1) is 0 Å². The lowest BCUT2D eigenvalue weighted by molar-refractivity contribution is -0.127. The van der Waals surface area contributed by atoms with Gasteiger partial charge >= 0.3 is 0 Å². The van der Waals surface area contributed by atoms with Crippen LogP contribution >= 0.6 is 23.2 Å². The van der Waals surface area contributed by atoms with Crippen molar-refractivity contribution in [3.63, 3.8) is 0 Å². The molecule has 1 aliphatic rings. The molecule has 0 radical (unpaired) electrons. The van der Waals surface area contributed by atoms with E-state index < -0.39 is 0 Å². The van der Waals surface area contributed by atoms with Crippen LogP contribution in [0.25, 0.3) is 0 Å². The molecule has 0 bridgehead atoms. The highest BCUT2D eigenvalue weighted by Crippen LogP contribution is 2.21. The lowest BCUT2D eigenvalue weighted by Gasteiger charge is -2.18. The highest BCUT2D eigenvalue weighted by molar-refractivity contribution is 6.35. The highest BCUT2D eigenvalue weighted by Gasteiger charge is 2.29. The SMILES string of the molecule is CN=C(NCc1ccc(Cl)cc1Cl)NCC1CC(=O)N(CCc2ccccc2)C1. The van der Waals surface area contributed by atoms with Crippen LogP contribution in [0.4, 0.5) is 0 Å². The molecule has 1 unspecified atom stereocenters. The fraction of sp³-hybridized carbons (Fsp3) is 0.364. The van der Waals surface area contributed by atoms with E-state index in [9.17, 15) is 4.79 Å². The third-order valence-corrected chi connectivity index (χ3v) is 5.64. The van der Waals surface area contributed by atoms with E-state index in [0.29, 0.717) is 35.5 Å². The van der Waals surface area contributed by atoms with E-state index >= 15 is 0 Å². The van der Waals surface area contributed by atoms with Crippen molar-refractivity contribution >= 4 is 35.1 Å². The molecular formula is C22H26Cl2N4O. The number of carbonyl (C=O) groups excluding carboxylic acids is 1. The summed E-state index contributed by atoms with van der Waals surface area (Å²) in [7, 11) is 1.73. The van der Waals surface area contributed by atoms with Crippen molar-refractivity contribution in [1.29, 1.82) is 0 Å². The Morgan fingerprint density at radius 3 is 2.69 bits per heavy atom. The minimum absolute atomic E-state index is 0.226. The molecule has 29 heavy (non-hydrogen) atoms. The summed E-state index contributed by atoms with van der Waals surface area (Å²) in [4.78, 5) is 18.5. The number of carbonyl (C=O) groups is 1. The number of halogens is 2. The van der Waals surface area contributed by atoms with Gasteiger partial charge in [-0.15, -0.1) is 0 Å². The van der Waals surface area contributed by atoms with Crippen LogP contribution in [0.15, 0.2) is 53.5 Å². The molecule has 5 nitrogen and oxygen atoms in total. The monoisotopic (exact) mass is 432 g/mol. The summed E-state index contributed by atoms with van der Waals surface area (Å²) in [5, 5.41) is 7.81. The van der Waals surface area contributed by atoms with Crippen LogP contribution in [0.5, 0.6) is 0 Å². The number of hydrogen-bond acceptors (Lipinski definition) is 2. The van der Waals surface area contributed by atoms with Gasteiger partial charge in [0.2, 0.25) is 5.91 Å². The van der Waals surface area contributed by atoms with E-state index in [1.165, 1.54) is 5.56 Å². The second kappa shape index (κ2) is 10.5. The van der Waals surface area contributed by atoms with Gasteiger partial charge in [-0.05, 0) is 29.7 Å². The molecule has 2 aromatic carbocycles. The van der Waals surface area contributed by atoms with Crippen LogP contribution in [-0.2, 0) is 17.8 Å². The van der Waals surface area contributed by atoms with E-state index in [0.717, 1.165) is 25.1 Å². The number of rotatable bonds is 7. The second-order valence-electron chi connectivity index (χ2n) is 7.19. The third-order valence-electron chi connectivity index (χ3n) is 5.05. The Morgan fingerprint density at radius 1 is 1.17 bits per heavy atom. The molecular weight excluding hydrogens is 407 g/mol. The molecule has 7 heteroatoms. The average molecular weight is 433 g/mol. The van der Waals surface area contributed by atoms with Gasteiger partial charge in [-0.3, -0.25) is 9.79 Å². The largest absolute Gasteiger partial charge is 0.356 e. The van der Waals surface area contributed by atoms with Crippen LogP contribution in [0, 0.1) is 5.92 Å². The van der Waals surface area contributed by atoms with Crippen molar-refractivity contribution in [2.24, 2.45) is 10.9 Å². The zero-order valence-corrected chi connectivity index (χ0v) is 18.0. The predicted octanol–water partition coefficient (Wildman–Crippen LogP) is 3.75. The molecule has 1 saturated heterocycles. The van der Waals surface area contributed by atoms with Gasteiger partial charge in [0.1, 0.15) is 0 Å². The fourth-order valence-corrected chi connectivity index (χ4v) is 3.90. The Morgan fingerprint density at radius 2 is 1.97 bits per heavy atom. The van der Waals surface area contributed by atoms with Gasteiger partial charge in [0, 0.05) is 55.6 Å². The van der Waals surface area contributed by atoms with Gasteiger partial charge in [-0.25, -0.2) is 0 Å². The lowest BCUT2D eigenvalue weighted by atomic mass is 10.1. The first-order valence-corrected chi connectivity index (χ1v) is 10.5. The van der Waals surface area contributed by atoms with Crippen molar-refractivity contribution in [2.45, 2.75) is 19.4 Å². The van der Waals surface area contributed by atoms with Gasteiger partial charge in [-0.2, -0.15) is 0 Å². The molecule has 154 valence electrons. The summed E-state index contributed by atoms with van der Waals surface area (Å²) in [6.45, 7) is 2.78. The van der Waals surface area contributed by atoms with Gasteiger partial charge < -0.3 is 15.5 Å². The number of aliphatic imine (C=N–C) groups is 1. The second-order valence-corrected chi connectivity index (χ2v) is 8.03. The first-order valence-electron chi connectivity index (χ1n) is 9.75. The summed E-state index contributed by atoms with van der Waals surface area (Å²) < 4.78 is 0. The first-order chi connectivity index (χ1) is 14.0. The number of nitrogens with one attached hydrogen (secondary N) is 2. The molecule has 1 fully saturated rings. The molecule has 1 aliphatic heterocycles. The summed E-state index contributed by atoms with van der Waals surface area (Å²) >= 11 is 12.2. The van der Waals surface area contributed by atoms with E-state index in [2.05, 4.69) is 27.8 Å². The van der Waals surface area contributed by atoms with E-state index in [1.807, 2.05) is 35.2 Å². The molecule has 0 aromatic heterocycles. The number of guanidine groups is 1. The normalized spacial score (nSPS) is 16.9. The number of nitrogens with zero attached hydrogens (tertiary/aromatic N) is 2. The lowest BCUT2D eigenvalue weighted by Crippen LogP contribution is -2.40. The van der Waals surface area contributed by atoms with Crippen molar-refractivity contribution in [1.82, 2.24) is 15.5 Å². The summed E-state index contributed by atoms with van der Waals surface area (Å²) in [5.74, 6) is 1.19. The van der Waals surface area contributed by atoms with E-state index in [4.69, 9.17) is 23.2 Å². The Bertz CT molecular complexity index is 857. The Hall–Kier alpha value is -2.24. The quantitative estimate of drug-likeness (QED) is 0.517. The zero-order chi connectivity index (χ0) is 20.6. The number of amides is 1. The van der Waals surface area contributed by atoms with Gasteiger partial charge in [0.15, 0.2) is 5.96 Å². The predicted molar refractivity (Wildman–Crippen MR) is 119 cm³/mol. The van der Waals surface area contributed by atoms with Gasteiger partial charge in [0.25, 0.3) is 0 Å². The van der Waals surface area contributed by atoms with Crippen LogP contribution in [-0.4, -0.2) is 43.4 Å². The fourth-order valence-electron chi connectivity index (χ4n) is 3.42. The standard InChI is InChI=1S/C22H26Cl2N4O/c1-25-22(27-14-18-7-8-19(23)12-20(18)24)26-13-17-11-21(29)28(15-17)10-9-16-5-3-2-4-6-16/h2-8,12,17H,9-11,13-15H2,1H3,(H2,25,26,27). The molecule has 0 spiro atoms. The Balaban J connectivity index is 1.43. The third kappa shape index (κ3) is 6.38.